The minimum Gasteiger partial charge on any atom is -0.322 e. The Labute approximate surface area is 157 Å². The van der Waals surface area contributed by atoms with Gasteiger partial charge in [-0.1, -0.05) is 0 Å². The number of hydrogen-bond donors (Lipinski definition) is 1. The fraction of sp³-hybridized carbons (Fsp3) is 0.0588. The van der Waals surface area contributed by atoms with E-state index in [-0.39, 0.29) is 11.6 Å². The lowest BCUT2D eigenvalue weighted by Crippen LogP contribution is -2.12. The predicted octanol–water partition coefficient (Wildman–Crippen LogP) is 3.95. The number of non-ortho nitro benzene ring substituents is 1. The van der Waals surface area contributed by atoms with Crippen LogP contribution >= 0.6 is 22.6 Å². The molecule has 3 aromatic rings. The number of rotatable bonds is 4. The first-order valence-corrected chi connectivity index (χ1v) is 8.39. The zero-order chi connectivity index (χ0) is 18.0. The lowest BCUT2D eigenvalue weighted by Gasteiger charge is -2.07. The van der Waals surface area contributed by atoms with Crippen molar-refractivity contribution in [3.63, 3.8) is 0 Å². The Morgan fingerprint density at radius 3 is 2.60 bits per heavy atom. The van der Waals surface area contributed by atoms with Gasteiger partial charge in [-0.15, -0.1) is 0 Å². The maximum atomic E-state index is 12.4. The highest BCUT2D eigenvalue weighted by molar-refractivity contribution is 14.1. The van der Waals surface area contributed by atoms with E-state index in [1.807, 2.05) is 25.1 Å². The molecule has 0 aliphatic carbocycles. The van der Waals surface area contributed by atoms with Gasteiger partial charge in [0.1, 0.15) is 0 Å². The molecule has 126 valence electrons. The van der Waals surface area contributed by atoms with E-state index >= 15 is 0 Å². The van der Waals surface area contributed by atoms with Crippen molar-refractivity contribution >= 4 is 39.9 Å². The molecule has 0 radical (unpaired) electrons. The second-order valence-electron chi connectivity index (χ2n) is 5.36. The highest BCUT2D eigenvalue weighted by atomic mass is 127. The van der Waals surface area contributed by atoms with Crippen molar-refractivity contribution in [1.29, 1.82) is 0 Å². The van der Waals surface area contributed by atoms with Crippen LogP contribution in [0.1, 0.15) is 15.9 Å². The van der Waals surface area contributed by atoms with E-state index < -0.39 is 4.92 Å². The normalized spacial score (nSPS) is 10.5. The van der Waals surface area contributed by atoms with Crippen LogP contribution in [0.4, 0.5) is 11.4 Å². The first kappa shape index (κ1) is 17.1. The standard InChI is InChI=1S/C17H13IN4O3/c1-11-8-13(18)2-7-16(11)20-17(23)12-9-19-21(10-12)14-3-5-15(6-4-14)22(24)25/h2-10H,1H3,(H,20,23). The third-order valence-corrected chi connectivity index (χ3v) is 4.28. The van der Waals surface area contributed by atoms with Gasteiger partial charge in [0, 0.05) is 27.6 Å². The van der Waals surface area contributed by atoms with Crippen LogP contribution in [0.15, 0.2) is 54.9 Å². The van der Waals surface area contributed by atoms with Crippen LogP contribution in [-0.2, 0) is 0 Å². The fourth-order valence-electron chi connectivity index (χ4n) is 2.27. The maximum absolute atomic E-state index is 12.4. The van der Waals surface area contributed by atoms with Crippen molar-refractivity contribution in [2.75, 3.05) is 5.32 Å². The molecule has 0 atom stereocenters. The third-order valence-electron chi connectivity index (χ3n) is 3.61. The van der Waals surface area contributed by atoms with Gasteiger partial charge >= 0.3 is 0 Å². The fourth-order valence-corrected chi connectivity index (χ4v) is 2.92. The summed E-state index contributed by atoms with van der Waals surface area (Å²) in [4.78, 5) is 22.6. The van der Waals surface area contributed by atoms with Crippen molar-refractivity contribution in [2.24, 2.45) is 0 Å². The van der Waals surface area contributed by atoms with Gasteiger partial charge in [0.15, 0.2) is 0 Å². The van der Waals surface area contributed by atoms with E-state index in [9.17, 15) is 14.9 Å². The molecule has 8 heteroatoms. The van der Waals surface area contributed by atoms with E-state index in [0.717, 1.165) is 14.8 Å². The summed E-state index contributed by atoms with van der Waals surface area (Å²) >= 11 is 2.22. The molecule has 2 aromatic carbocycles. The summed E-state index contributed by atoms with van der Waals surface area (Å²) < 4.78 is 2.60. The molecular weight excluding hydrogens is 435 g/mol. The number of aromatic nitrogens is 2. The molecule has 1 heterocycles. The highest BCUT2D eigenvalue weighted by Crippen LogP contribution is 2.19. The number of halogens is 1. The van der Waals surface area contributed by atoms with Crippen molar-refractivity contribution in [1.82, 2.24) is 9.78 Å². The lowest BCUT2D eigenvalue weighted by atomic mass is 10.2. The van der Waals surface area contributed by atoms with Gasteiger partial charge in [-0.2, -0.15) is 5.10 Å². The van der Waals surface area contributed by atoms with E-state index in [1.165, 1.54) is 23.0 Å². The summed E-state index contributed by atoms with van der Waals surface area (Å²) in [5.41, 5.74) is 2.76. The molecule has 3 rings (SSSR count). The van der Waals surface area contributed by atoms with Crippen molar-refractivity contribution < 1.29 is 9.72 Å². The molecule has 7 nitrogen and oxygen atoms in total. The topological polar surface area (TPSA) is 90.1 Å². The first-order chi connectivity index (χ1) is 11.9. The third kappa shape index (κ3) is 3.85. The van der Waals surface area contributed by atoms with Gasteiger partial charge in [-0.3, -0.25) is 14.9 Å². The average molecular weight is 448 g/mol. The highest BCUT2D eigenvalue weighted by Gasteiger charge is 2.12. The van der Waals surface area contributed by atoms with E-state index in [0.29, 0.717) is 11.3 Å². The number of amides is 1. The van der Waals surface area contributed by atoms with Crippen molar-refractivity contribution in [3.8, 4) is 5.69 Å². The van der Waals surface area contributed by atoms with E-state index in [4.69, 9.17) is 0 Å². The monoisotopic (exact) mass is 448 g/mol. The number of nitrogens with zero attached hydrogens (tertiary/aromatic N) is 3. The molecule has 0 fully saturated rings. The number of carbonyl (C=O) groups excluding carboxylic acids is 1. The zero-order valence-corrected chi connectivity index (χ0v) is 15.3. The molecule has 0 saturated heterocycles. The number of anilines is 1. The van der Waals surface area contributed by atoms with Crippen LogP contribution in [0.3, 0.4) is 0 Å². The van der Waals surface area contributed by atoms with Gasteiger partial charge < -0.3 is 5.32 Å². The molecule has 1 amide bonds. The van der Waals surface area contributed by atoms with Crippen LogP contribution in [-0.4, -0.2) is 20.6 Å². The van der Waals surface area contributed by atoms with Crippen LogP contribution in [0.25, 0.3) is 5.69 Å². The SMILES string of the molecule is Cc1cc(I)ccc1NC(=O)c1cnn(-c2ccc([N+](=O)[O-])cc2)c1. The molecule has 0 saturated carbocycles. The Morgan fingerprint density at radius 1 is 1.24 bits per heavy atom. The minimum atomic E-state index is -0.463. The van der Waals surface area contributed by atoms with Gasteiger partial charge in [-0.25, -0.2) is 4.68 Å². The molecule has 0 bridgehead atoms. The largest absolute Gasteiger partial charge is 0.322 e. The Bertz CT molecular complexity index is 951. The number of benzene rings is 2. The Hall–Kier alpha value is -2.75. The number of nitro groups is 1. The molecule has 0 aliphatic heterocycles. The molecule has 0 unspecified atom stereocenters. The molecule has 25 heavy (non-hydrogen) atoms. The average Bonchev–Trinajstić information content (AvgIpc) is 3.07. The summed E-state index contributed by atoms with van der Waals surface area (Å²) in [6, 6.07) is 11.7. The van der Waals surface area contributed by atoms with E-state index in [1.54, 1.807) is 18.3 Å². The van der Waals surface area contributed by atoms with Gasteiger partial charge in [0.2, 0.25) is 0 Å². The van der Waals surface area contributed by atoms with Crippen LogP contribution in [0, 0.1) is 20.6 Å². The Kier molecular flexibility index (Phi) is 4.79. The number of nitrogens with one attached hydrogen (secondary N) is 1. The summed E-state index contributed by atoms with van der Waals surface area (Å²) in [6.45, 7) is 1.93. The summed E-state index contributed by atoms with van der Waals surface area (Å²) in [5, 5.41) is 17.7. The van der Waals surface area contributed by atoms with Gasteiger partial charge in [0.25, 0.3) is 11.6 Å². The first-order valence-electron chi connectivity index (χ1n) is 7.31. The Morgan fingerprint density at radius 2 is 1.96 bits per heavy atom. The quantitative estimate of drug-likeness (QED) is 0.372. The number of carbonyl (C=O) groups is 1. The lowest BCUT2D eigenvalue weighted by molar-refractivity contribution is -0.384. The molecule has 1 aromatic heterocycles. The summed E-state index contributed by atoms with van der Waals surface area (Å²) in [5.74, 6) is -0.266. The van der Waals surface area contributed by atoms with Crippen LogP contribution in [0.5, 0.6) is 0 Å². The van der Waals surface area contributed by atoms with Gasteiger partial charge in [0.05, 0.1) is 22.4 Å². The number of hydrogen-bond acceptors (Lipinski definition) is 4. The molecule has 0 aliphatic rings. The smallest absolute Gasteiger partial charge is 0.269 e. The molecular formula is C17H13IN4O3. The van der Waals surface area contributed by atoms with Crippen LogP contribution < -0.4 is 5.32 Å². The maximum Gasteiger partial charge on any atom is 0.269 e. The predicted molar refractivity (Wildman–Crippen MR) is 102 cm³/mol. The number of aryl methyl sites for hydroxylation is 1. The number of nitro benzene ring substituents is 1. The van der Waals surface area contributed by atoms with Crippen molar-refractivity contribution in [3.05, 3.63) is 79.7 Å². The van der Waals surface area contributed by atoms with Crippen LogP contribution in [0.2, 0.25) is 0 Å². The minimum absolute atomic E-state index is 0.00283. The second-order valence-corrected chi connectivity index (χ2v) is 6.61. The second kappa shape index (κ2) is 7.01. The zero-order valence-electron chi connectivity index (χ0n) is 13.1. The van der Waals surface area contributed by atoms with E-state index in [2.05, 4.69) is 33.0 Å². The van der Waals surface area contributed by atoms with Crippen molar-refractivity contribution in [2.45, 2.75) is 6.92 Å². The summed E-state index contributed by atoms with van der Waals surface area (Å²) in [6.07, 6.45) is 3.04. The molecule has 1 N–H and O–H groups in total. The summed E-state index contributed by atoms with van der Waals surface area (Å²) in [7, 11) is 0. The molecule has 0 spiro atoms. The van der Waals surface area contributed by atoms with Gasteiger partial charge in [-0.05, 0) is 65.4 Å². The Balaban J connectivity index is 1.78.